The molecule has 2 N–H and O–H groups in total. The van der Waals surface area contributed by atoms with Crippen molar-refractivity contribution in [1.82, 2.24) is 4.90 Å². The second kappa shape index (κ2) is 3.75. The quantitative estimate of drug-likeness (QED) is 0.679. The van der Waals surface area contributed by atoms with Crippen LogP contribution in [0.3, 0.4) is 0 Å². The number of nitrogens with two attached hydrogens (primary N) is 1. The van der Waals surface area contributed by atoms with Crippen molar-refractivity contribution in [3.05, 3.63) is 0 Å². The van der Waals surface area contributed by atoms with Crippen LogP contribution in [0, 0.1) is 0 Å². The normalized spacial score (nSPS) is 22.8. The highest BCUT2D eigenvalue weighted by molar-refractivity contribution is 5.05. The average molecular weight is 170 g/mol. The van der Waals surface area contributed by atoms with Crippen molar-refractivity contribution in [2.45, 2.75) is 51.6 Å². The first-order valence-corrected chi connectivity index (χ1v) is 5.17. The van der Waals surface area contributed by atoms with Crippen LogP contribution in [0.1, 0.15) is 40.0 Å². The van der Waals surface area contributed by atoms with Gasteiger partial charge in [0, 0.05) is 18.1 Å². The van der Waals surface area contributed by atoms with Crippen LogP contribution in [0.4, 0.5) is 0 Å². The summed E-state index contributed by atoms with van der Waals surface area (Å²) in [4.78, 5) is 2.58. The third-order valence-electron chi connectivity index (χ3n) is 3.28. The van der Waals surface area contributed by atoms with E-state index in [1.165, 1.54) is 19.3 Å². The molecular formula is C10H22N2. The van der Waals surface area contributed by atoms with E-state index in [2.05, 4.69) is 25.7 Å². The first kappa shape index (κ1) is 10.0. The molecule has 1 aliphatic rings. The van der Waals surface area contributed by atoms with Gasteiger partial charge in [-0.05, 0) is 32.7 Å². The molecule has 0 heterocycles. The van der Waals surface area contributed by atoms with Crippen molar-refractivity contribution in [2.75, 3.05) is 13.1 Å². The van der Waals surface area contributed by atoms with Gasteiger partial charge in [-0.3, -0.25) is 4.90 Å². The monoisotopic (exact) mass is 170 g/mol. The van der Waals surface area contributed by atoms with Gasteiger partial charge in [0.1, 0.15) is 0 Å². The zero-order valence-electron chi connectivity index (χ0n) is 8.64. The van der Waals surface area contributed by atoms with Crippen LogP contribution < -0.4 is 5.73 Å². The van der Waals surface area contributed by atoms with Crippen molar-refractivity contribution in [1.29, 1.82) is 0 Å². The maximum Gasteiger partial charge on any atom is 0.0335 e. The predicted octanol–water partition coefficient (Wildman–Crippen LogP) is 1.60. The molecule has 0 aromatic carbocycles. The van der Waals surface area contributed by atoms with Gasteiger partial charge >= 0.3 is 0 Å². The minimum absolute atomic E-state index is 0.393. The summed E-state index contributed by atoms with van der Waals surface area (Å²) in [6.07, 6.45) is 3.85. The lowest BCUT2D eigenvalue weighted by Gasteiger charge is -2.35. The molecule has 2 heteroatoms. The first-order chi connectivity index (χ1) is 5.70. The Bertz CT molecular complexity index is 141. The molecule has 0 aromatic heterocycles. The Balaban J connectivity index is 2.55. The van der Waals surface area contributed by atoms with Gasteiger partial charge in [0.05, 0.1) is 0 Å². The minimum atomic E-state index is 0.393. The molecular weight excluding hydrogens is 148 g/mol. The van der Waals surface area contributed by atoms with Crippen LogP contribution in [-0.4, -0.2) is 29.6 Å². The standard InChI is InChI=1S/C10H22N2/c1-4-9(3)12(5-2)10(8-11)6-7-10/h9H,4-8,11H2,1-3H3. The van der Waals surface area contributed by atoms with Crippen molar-refractivity contribution < 1.29 is 0 Å². The molecule has 2 nitrogen and oxygen atoms in total. The highest BCUT2D eigenvalue weighted by Gasteiger charge is 2.47. The summed E-state index contributed by atoms with van der Waals surface area (Å²) in [6, 6.07) is 0.695. The zero-order chi connectivity index (χ0) is 9.19. The van der Waals surface area contributed by atoms with Gasteiger partial charge in [-0.2, -0.15) is 0 Å². The van der Waals surface area contributed by atoms with E-state index < -0.39 is 0 Å². The molecule has 1 unspecified atom stereocenters. The lowest BCUT2D eigenvalue weighted by atomic mass is 10.1. The van der Waals surface area contributed by atoms with Gasteiger partial charge in [-0.1, -0.05) is 13.8 Å². The third-order valence-corrected chi connectivity index (χ3v) is 3.28. The number of rotatable bonds is 5. The molecule has 1 aliphatic carbocycles. The van der Waals surface area contributed by atoms with Crippen LogP contribution in [0.15, 0.2) is 0 Å². The van der Waals surface area contributed by atoms with Gasteiger partial charge < -0.3 is 5.73 Å². The molecule has 0 bridgehead atoms. The molecule has 72 valence electrons. The summed E-state index contributed by atoms with van der Waals surface area (Å²) in [5, 5.41) is 0. The highest BCUT2D eigenvalue weighted by atomic mass is 15.3. The Labute approximate surface area is 76.1 Å². The lowest BCUT2D eigenvalue weighted by molar-refractivity contribution is 0.134. The Kier molecular flexibility index (Phi) is 3.13. The Morgan fingerprint density at radius 2 is 2.00 bits per heavy atom. The lowest BCUT2D eigenvalue weighted by Crippen LogP contribution is -2.47. The number of nitrogens with zero attached hydrogens (tertiary/aromatic N) is 1. The summed E-state index contributed by atoms with van der Waals surface area (Å²) < 4.78 is 0. The number of likely N-dealkylation sites (N-methyl/N-ethyl adjacent to an activating group) is 1. The van der Waals surface area contributed by atoms with Crippen LogP contribution in [-0.2, 0) is 0 Å². The fraction of sp³-hybridized carbons (Fsp3) is 1.00. The van der Waals surface area contributed by atoms with Crippen LogP contribution in [0.2, 0.25) is 0 Å². The van der Waals surface area contributed by atoms with Gasteiger partial charge in [0.15, 0.2) is 0 Å². The van der Waals surface area contributed by atoms with Gasteiger partial charge in [0.25, 0.3) is 0 Å². The van der Waals surface area contributed by atoms with Gasteiger partial charge in [0.2, 0.25) is 0 Å². The van der Waals surface area contributed by atoms with E-state index in [4.69, 9.17) is 5.73 Å². The van der Waals surface area contributed by atoms with Crippen LogP contribution in [0.5, 0.6) is 0 Å². The second-order valence-corrected chi connectivity index (χ2v) is 3.97. The van der Waals surface area contributed by atoms with Crippen molar-refractivity contribution in [3.8, 4) is 0 Å². The van der Waals surface area contributed by atoms with Crippen molar-refractivity contribution in [3.63, 3.8) is 0 Å². The van der Waals surface area contributed by atoms with E-state index in [1.807, 2.05) is 0 Å². The molecule has 1 saturated carbocycles. The summed E-state index contributed by atoms with van der Waals surface area (Å²) in [5.41, 5.74) is 6.19. The maximum atomic E-state index is 5.80. The molecule has 12 heavy (non-hydrogen) atoms. The topological polar surface area (TPSA) is 29.3 Å². The smallest absolute Gasteiger partial charge is 0.0335 e. The Morgan fingerprint density at radius 1 is 1.42 bits per heavy atom. The molecule has 1 atom stereocenters. The molecule has 0 aliphatic heterocycles. The number of hydrogen-bond acceptors (Lipinski definition) is 2. The van der Waals surface area contributed by atoms with Gasteiger partial charge in [-0.25, -0.2) is 0 Å². The molecule has 1 fully saturated rings. The zero-order valence-corrected chi connectivity index (χ0v) is 8.64. The molecule has 0 radical (unpaired) electrons. The molecule has 1 rings (SSSR count). The molecule has 0 aromatic rings. The SMILES string of the molecule is CCC(C)N(CC)C1(CN)CC1. The summed E-state index contributed by atoms with van der Waals surface area (Å²) >= 11 is 0. The van der Waals surface area contributed by atoms with Crippen LogP contribution >= 0.6 is 0 Å². The van der Waals surface area contributed by atoms with E-state index in [1.54, 1.807) is 0 Å². The molecule has 0 spiro atoms. The minimum Gasteiger partial charge on any atom is -0.329 e. The molecule has 0 amide bonds. The fourth-order valence-corrected chi connectivity index (χ4v) is 2.09. The van der Waals surface area contributed by atoms with Crippen molar-refractivity contribution >= 4 is 0 Å². The summed E-state index contributed by atoms with van der Waals surface area (Å²) in [6.45, 7) is 8.78. The van der Waals surface area contributed by atoms with Crippen molar-refractivity contribution in [2.24, 2.45) is 5.73 Å². The van der Waals surface area contributed by atoms with E-state index in [0.29, 0.717) is 11.6 Å². The van der Waals surface area contributed by atoms with E-state index in [0.717, 1.165) is 13.1 Å². The average Bonchev–Trinajstić information content (AvgIpc) is 2.87. The first-order valence-electron chi connectivity index (χ1n) is 5.17. The largest absolute Gasteiger partial charge is 0.329 e. The predicted molar refractivity (Wildman–Crippen MR) is 53.2 cm³/mol. The molecule has 0 saturated heterocycles. The summed E-state index contributed by atoms with van der Waals surface area (Å²) in [5.74, 6) is 0. The Morgan fingerprint density at radius 3 is 2.25 bits per heavy atom. The number of hydrogen-bond donors (Lipinski definition) is 1. The Hall–Kier alpha value is -0.0800. The maximum absolute atomic E-state index is 5.80. The third kappa shape index (κ3) is 1.64. The highest BCUT2D eigenvalue weighted by Crippen LogP contribution is 2.41. The fourth-order valence-electron chi connectivity index (χ4n) is 2.09. The van der Waals surface area contributed by atoms with Gasteiger partial charge in [-0.15, -0.1) is 0 Å². The van der Waals surface area contributed by atoms with Crippen LogP contribution in [0.25, 0.3) is 0 Å². The summed E-state index contributed by atoms with van der Waals surface area (Å²) in [7, 11) is 0. The van der Waals surface area contributed by atoms with E-state index in [-0.39, 0.29) is 0 Å². The second-order valence-electron chi connectivity index (χ2n) is 3.97. The van der Waals surface area contributed by atoms with E-state index >= 15 is 0 Å². The van der Waals surface area contributed by atoms with E-state index in [9.17, 15) is 0 Å².